The zero-order valence-corrected chi connectivity index (χ0v) is 12.0. The van der Waals surface area contributed by atoms with Crippen molar-refractivity contribution < 1.29 is 23.1 Å². The van der Waals surface area contributed by atoms with E-state index in [0.29, 0.717) is 13.0 Å². The highest BCUT2D eigenvalue weighted by atomic mass is 19.4. The molecule has 1 aromatic heterocycles. The third kappa shape index (κ3) is 3.21. The second kappa shape index (κ2) is 5.69. The molecule has 5 nitrogen and oxygen atoms in total. The van der Waals surface area contributed by atoms with Gasteiger partial charge in [-0.2, -0.15) is 18.3 Å². The van der Waals surface area contributed by atoms with Crippen LogP contribution in [-0.2, 0) is 6.18 Å². The minimum Gasteiger partial charge on any atom is -0.391 e. The first kappa shape index (κ1) is 15.5. The molecule has 3 rings (SSSR count). The Hall–Kier alpha value is -2.35. The van der Waals surface area contributed by atoms with Crippen molar-refractivity contribution in [2.45, 2.75) is 18.7 Å². The Balaban J connectivity index is 1.83. The summed E-state index contributed by atoms with van der Waals surface area (Å²) in [4.78, 5) is 13.7. The first-order valence-electron chi connectivity index (χ1n) is 7.05. The SMILES string of the molecule is O=C(c1ccn(-c2cccc(C(F)(F)F)c2)n1)N1CC[C@@H](O)C1. The van der Waals surface area contributed by atoms with Gasteiger partial charge in [-0.1, -0.05) is 6.07 Å². The van der Waals surface area contributed by atoms with E-state index in [4.69, 9.17) is 0 Å². The van der Waals surface area contributed by atoms with Gasteiger partial charge in [0.15, 0.2) is 5.69 Å². The van der Waals surface area contributed by atoms with E-state index in [-0.39, 0.29) is 23.8 Å². The molecular weight excluding hydrogens is 311 g/mol. The largest absolute Gasteiger partial charge is 0.416 e. The van der Waals surface area contributed by atoms with Crippen LogP contribution in [0.3, 0.4) is 0 Å². The maximum absolute atomic E-state index is 12.7. The van der Waals surface area contributed by atoms with Crippen LogP contribution in [0.5, 0.6) is 0 Å². The van der Waals surface area contributed by atoms with Crippen molar-refractivity contribution in [1.29, 1.82) is 0 Å². The molecule has 0 radical (unpaired) electrons. The normalized spacial score (nSPS) is 18.4. The molecule has 0 spiro atoms. The molecule has 0 unspecified atom stereocenters. The zero-order valence-electron chi connectivity index (χ0n) is 12.0. The predicted molar refractivity (Wildman–Crippen MR) is 75.1 cm³/mol. The van der Waals surface area contributed by atoms with E-state index >= 15 is 0 Å². The van der Waals surface area contributed by atoms with Gasteiger partial charge in [0.05, 0.1) is 17.4 Å². The number of aliphatic hydroxyl groups is 1. The average molecular weight is 325 g/mol. The van der Waals surface area contributed by atoms with Gasteiger partial charge in [0.1, 0.15) is 0 Å². The number of amides is 1. The van der Waals surface area contributed by atoms with Crippen molar-refractivity contribution in [1.82, 2.24) is 14.7 Å². The molecule has 1 amide bonds. The van der Waals surface area contributed by atoms with Gasteiger partial charge in [0.25, 0.3) is 5.91 Å². The summed E-state index contributed by atoms with van der Waals surface area (Å²) in [6.07, 6.45) is -3.02. The Kier molecular flexibility index (Phi) is 3.85. The number of hydrogen-bond donors (Lipinski definition) is 1. The summed E-state index contributed by atoms with van der Waals surface area (Å²) in [6.45, 7) is 0.686. The number of halogens is 3. The quantitative estimate of drug-likeness (QED) is 0.920. The Labute approximate surface area is 129 Å². The summed E-state index contributed by atoms with van der Waals surface area (Å²) in [7, 11) is 0. The predicted octanol–water partition coefficient (Wildman–Crippen LogP) is 2.10. The third-order valence-electron chi connectivity index (χ3n) is 3.70. The van der Waals surface area contributed by atoms with Crippen molar-refractivity contribution in [3.8, 4) is 5.69 Å². The molecule has 2 heterocycles. The highest BCUT2D eigenvalue weighted by Crippen LogP contribution is 2.30. The first-order chi connectivity index (χ1) is 10.8. The van der Waals surface area contributed by atoms with Gasteiger partial charge in [-0.3, -0.25) is 4.79 Å². The lowest BCUT2D eigenvalue weighted by Gasteiger charge is -2.13. The van der Waals surface area contributed by atoms with Crippen LogP contribution in [0, 0.1) is 0 Å². The molecule has 1 N–H and O–H groups in total. The topological polar surface area (TPSA) is 58.4 Å². The van der Waals surface area contributed by atoms with Gasteiger partial charge in [-0.25, -0.2) is 4.68 Å². The summed E-state index contributed by atoms with van der Waals surface area (Å²) in [6, 6.07) is 6.17. The second-order valence-electron chi connectivity index (χ2n) is 5.39. The molecule has 122 valence electrons. The molecule has 0 aliphatic carbocycles. The number of carbonyl (C=O) groups excluding carboxylic acids is 1. The molecule has 2 aromatic rings. The van der Waals surface area contributed by atoms with E-state index < -0.39 is 17.8 Å². The lowest BCUT2D eigenvalue weighted by molar-refractivity contribution is -0.137. The van der Waals surface area contributed by atoms with Crippen LogP contribution in [0.1, 0.15) is 22.5 Å². The monoisotopic (exact) mass is 325 g/mol. The van der Waals surface area contributed by atoms with Crippen LogP contribution in [0.15, 0.2) is 36.5 Å². The lowest BCUT2D eigenvalue weighted by Crippen LogP contribution is -2.29. The smallest absolute Gasteiger partial charge is 0.391 e. The third-order valence-corrected chi connectivity index (χ3v) is 3.70. The number of benzene rings is 1. The molecule has 1 aliphatic rings. The van der Waals surface area contributed by atoms with Gasteiger partial charge in [-0.05, 0) is 30.7 Å². The number of alkyl halides is 3. The fourth-order valence-corrected chi connectivity index (χ4v) is 2.49. The average Bonchev–Trinajstić information content (AvgIpc) is 3.15. The van der Waals surface area contributed by atoms with Crippen molar-refractivity contribution in [3.05, 3.63) is 47.8 Å². The van der Waals surface area contributed by atoms with Gasteiger partial charge >= 0.3 is 6.18 Å². The van der Waals surface area contributed by atoms with Crippen molar-refractivity contribution in [2.24, 2.45) is 0 Å². The molecule has 23 heavy (non-hydrogen) atoms. The van der Waals surface area contributed by atoms with Crippen LogP contribution in [0.4, 0.5) is 13.2 Å². The maximum atomic E-state index is 12.7. The molecule has 1 aromatic carbocycles. The van der Waals surface area contributed by atoms with E-state index in [0.717, 1.165) is 12.1 Å². The Morgan fingerprint density at radius 3 is 2.74 bits per heavy atom. The standard InChI is InChI=1S/C15H14F3N3O2/c16-15(17,18)10-2-1-3-11(8-10)21-7-5-13(19-21)14(23)20-6-4-12(22)9-20/h1-3,5,7-8,12,22H,4,6,9H2/t12-/m1/s1. The van der Waals surface area contributed by atoms with Gasteiger partial charge < -0.3 is 10.0 Å². The van der Waals surface area contributed by atoms with Crippen LogP contribution in [0.25, 0.3) is 5.69 Å². The fraction of sp³-hybridized carbons (Fsp3) is 0.333. The molecule has 0 bridgehead atoms. The van der Waals surface area contributed by atoms with Gasteiger partial charge in [0, 0.05) is 19.3 Å². The molecule has 1 fully saturated rings. The fourth-order valence-electron chi connectivity index (χ4n) is 2.49. The van der Waals surface area contributed by atoms with E-state index in [9.17, 15) is 23.1 Å². The molecule has 1 saturated heterocycles. The van der Waals surface area contributed by atoms with E-state index in [1.807, 2.05) is 0 Å². The minimum atomic E-state index is -4.44. The van der Waals surface area contributed by atoms with Crippen LogP contribution < -0.4 is 0 Å². The number of hydrogen-bond acceptors (Lipinski definition) is 3. The number of aromatic nitrogens is 2. The summed E-state index contributed by atoms with van der Waals surface area (Å²) >= 11 is 0. The number of β-amino-alcohol motifs (C(OH)–C–C–N with tert-alkyl or cyclic N) is 1. The number of aliphatic hydroxyl groups excluding tert-OH is 1. The highest BCUT2D eigenvalue weighted by molar-refractivity contribution is 5.92. The molecule has 8 heteroatoms. The Bertz CT molecular complexity index is 727. The van der Waals surface area contributed by atoms with E-state index in [2.05, 4.69) is 5.10 Å². The summed E-state index contributed by atoms with van der Waals surface area (Å²) in [5, 5.41) is 13.5. The summed E-state index contributed by atoms with van der Waals surface area (Å²) in [5.41, 5.74) is -0.419. The maximum Gasteiger partial charge on any atom is 0.416 e. The number of likely N-dealkylation sites (tertiary alicyclic amines) is 1. The Morgan fingerprint density at radius 2 is 2.09 bits per heavy atom. The van der Waals surface area contributed by atoms with Crippen molar-refractivity contribution in [2.75, 3.05) is 13.1 Å². The van der Waals surface area contributed by atoms with Crippen LogP contribution >= 0.6 is 0 Å². The van der Waals surface area contributed by atoms with E-state index in [1.165, 1.54) is 34.0 Å². The lowest BCUT2D eigenvalue weighted by atomic mass is 10.2. The molecule has 1 atom stereocenters. The van der Waals surface area contributed by atoms with Crippen LogP contribution in [0.2, 0.25) is 0 Å². The van der Waals surface area contributed by atoms with Gasteiger partial charge in [-0.15, -0.1) is 0 Å². The van der Waals surface area contributed by atoms with Crippen LogP contribution in [-0.4, -0.2) is 44.9 Å². The summed E-state index contributed by atoms with van der Waals surface area (Å²) in [5.74, 6) is -0.340. The first-order valence-corrected chi connectivity index (χ1v) is 7.05. The number of carbonyl (C=O) groups is 1. The molecular formula is C15H14F3N3O2. The van der Waals surface area contributed by atoms with Crippen molar-refractivity contribution >= 4 is 5.91 Å². The number of rotatable bonds is 2. The molecule has 1 aliphatic heterocycles. The zero-order chi connectivity index (χ0) is 16.6. The second-order valence-corrected chi connectivity index (χ2v) is 5.39. The van der Waals surface area contributed by atoms with Crippen molar-refractivity contribution in [3.63, 3.8) is 0 Å². The minimum absolute atomic E-state index is 0.136. The van der Waals surface area contributed by atoms with E-state index in [1.54, 1.807) is 0 Å². The number of nitrogens with zero attached hydrogens (tertiary/aromatic N) is 3. The highest BCUT2D eigenvalue weighted by Gasteiger charge is 2.31. The Morgan fingerprint density at radius 1 is 1.30 bits per heavy atom. The van der Waals surface area contributed by atoms with Gasteiger partial charge in [0.2, 0.25) is 0 Å². The molecule has 0 saturated carbocycles. The summed E-state index contributed by atoms with van der Waals surface area (Å²) < 4.78 is 39.5.